The molecule has 3 heterocycles. The van der Waals surface area contributed by atoms with Crippen molar-refractivity contribution in [2.75, 3.05) is 4.90 Å². The Morgan fingerprint density at radius 3 is 2.31 bits per heavy atom. The maximum Gasteiger partial charge on any atom is 0.217 e. The lowest BCUT2D eigenvalue weighted by molar-refractivity contribution is 0.0475. The van der Waals surface area contributed by atoms with E-state index in [1.54, 1.807) is 0 Å². The molecule has 1 aromatic heterocycles. The van der Waals surface area contributed by atoms with E-state index in [0.717, 1.165) is 45.0 Å². The minimum atomic E-state index is -1.75. The highest BCUT2D eigenvalue weighted by atomic mass is 16.5. The van der Waals surface area contributed by atoms with E-state index in [-0.39, 0.29) is 16.7 Å². The average Bonchev–Trinajstić information content (AvgIpc) is 3.47. The summed E-state index contributed by atoms with van der Waals surface area (Å²) in [6.45, 7) is 23.5. The van der Waals surface area contributed by atoms with Crippen molar-refractivity contribution < 1.29 is 12.2 Å². The van der Waals surface area contributed by atoms with Crippen LogP contribution in [-0.2, 0) is 27.5 Å². The standard InChI is InChI=1S/C47H51N3O2/c1-28(2)31-22-32(43-49-47(11)37-18-16-29(3)30(4)36(37)27-46(47,10)52-43)24-35(23-31)51-34-17-19-39-41(26-34)50(40-15-13-12-14-38(40)45(39,8)9)42-25-33(20-21-48-42)44(5,6)7/h12-26,28H,27H2,1-11H3/t46-,47+/m0/s1/i27D2. The van der Waals surface area contributed by atoms with Gasteiger partial charge in [-0.1, -0.05) is 84.9 Å². The molecule has 52 heavy (non-hydrogen) atoms. The van der Waals surface area contributed by atoms with Crippen molar-refractivity contribution in [1.29, 1.82) is 0 Å². The fraction of sp³-hybridized carbons (Fsp3) is 0.362. The molecule has 2 atom stereocenters. The van der Waals surface area contributed by atoms with Gasteiger partial charge < -0.3 is 9.47 Å². The lowest BCUT2D eigenvalue weighted by Crippen LogP contribution is -2.41. The third kappa shape index (κ3) is 5.18. The highest BCUT2D eigenvalue weighted by molar-refractivity contribution is 5.97. The van der Waals surface area contributed by atoms with Crippen LogP contribution in [0.3, 0.4) is 0 Å². The number of aryl methyl sites for hydroxylation is 1. The van der Waals surface area contributed by atoms with Gasteiger partial charge in [0.25, 0.3) is 0 Å². The molecule has 4 aromatic carbocycles. The Hall–Kier alpha value is -4.90. The molecule has 8 rings (SSSR count). The molecule has 0 bridgehead atoms. The van der Waals surface area contributed by atoms with Gasteiger partial charge in [-0.2, -0.15) is 0 Å². The summed E-state index contributed by atoms with van der Waals surface area (Å²) >= 11 is 0. The minimum absolute atomic E-state index is 0.0375. The Balaban J connectivity index is 1.22. The molecule has 1 aliphatic carbocycles. The van der Waals surface area contributed by atoms with Crippen molar-refractivity contribution in [2.45, 2.75) is 110 Å². The second-order valence-electron chi connectivity index (χ2n) is 17.0. The summed E-state index contributed by atoms with van der Waals surface area (Å²) in [4.78, 5) is 12.4. The fourth-order valence-corrected chi connectivity index (χ4v) is 8.12. The van der Waals surface area contributed by atoms with Gasteiger partial charge in [0.1, 0.15) is 28.5 Å². The molecule has 0 unspecified atom stereocenters. The van der Waals surface area contributed by atoms with E-state index >= 15 is 0 Å². The smallest absolute Gasteiger partial charge is 0.217 e. The second-order valence-corrected chi connectivity index (χ2v) is 17.0. The molecular weight excluding hydrogens is 639 g/mol. The maximum atomic E-state index is 9.41. The molecule has 266 valence electrons. The zero-order chi connectivity index (χ0) is 38.7. The van der Waals surface area contributed by atoms with Gasteiger partial charge in [-0.3, -0.25) is 4.90 Å². The average molecular weight is 692 g/mol. The van der Waals surface area contributed by atoms with E-state index in [4.69, 9.17) is 19.5 Å². The topological polar surface area (TPSA) is 47.0 Å². The van der Waals surface area contributed by atoms with Crippen molar-refractivity contribution >= 4 is 23.1 Å². The van der Waals surface area contributed by atoms with Crippen molar-refractivity contribution in [3.63, 3.8) is 0 Å². The van der Waals surface area contributed by atoms with Gasteiger partial charge in [0, 0.05) is 32.4 Å². The Labute approximate surface area is 312 Å². The van der Waals surface area contributed by atoms with Crippen LogP contribution >= 0.6 is 0 Å². The van der Waals surface area contributed by atoms with E-state index < -0.39 is 17.5 Å². The van der Waals surface area contributed by atoms with Crippen molar-refractivity contribution in [2.24, 2.45) is 4.99 Å². The number of hydrogen-bond donors (Lipinski definition) is 0. The number of aromatic nitrogens is 1. The monoisotopic (exact) mass is 691 g/mol. The summed E-state index contributed by atoms with van der Waals surface area (Å²) in [6, 6.07) is 29.5. The van der Waals surface area contributed by atoms with Crippen LogP contribution in [0.25, 0.3) is 0 Å². The Bertz CT molecular complexity index is 2390. The van der Waals surface area contributed by atoms with Gasteiger partial charge in [0.15, 0.2) is 0 Å². The Kier molecular flexibility index (Phi) is 7.06. The van der Waals surface area contributed by atoms with E-state index in [0.29, 0.717) is 23.0 Å². The first-order valence-electron chi connectivity index (χ1n) is 19.5. The maximum absolute atomic E-state index is 9.41. The van der Waals surface area contributed by atoms with Crippen molar-refractivity contribution in [3.8, 4) is 11.5 Å². The fourth-order valence-electron chi connectivity index (χ4n) is 8.12. The first-order valence-corrected chi connectivity index (χ1v) is 18.5. The Morgan fingerprint density at radius 2 is 1.56 bits per heavy atom. The minimum Gasteiger partial charge on any atom is -0.468 e. The number of pyridine rings is 1. The molecule has 0 spiro atoms. The van der Waals surface area contributed by atoms with Crippen LogP contribution in [0, 0.1) is 13.8 Å². The van der Waals surface area contributed by atoms with E-state index in [1.165, 1.54) is 16.7 Å². The zero-order valence-corrected chi connectivity index (χ0v) is 32.4. The molecule has 0 saturated heterocycles. The normalized spacial score (nSPS) is 22.8. The van der Waals surface area contributed by atoms with Crippen LogP contribution in [0.1, 0.15) is 121 Å². The van der Waals surface area contributed by atoms with Gasteiger partial charge >= 0.3 is 0 Å². The molecule has 0 N–H and O–H groups in total. The molecule has 3 aliphatic rings. The van der Waals surface area contributed by atoms with Crippen LogP contribution in [0.2, 0.25) is 0 Å². The first-order chi connectivity index (χ1) is 25.3. The summed E-state index contributed by atoms with van der Waals surface area (Å²) in [5.41, 5.74) is 8.80. The first kappa shape index (κ1) is 31.8. The molecule has 5 nitrogen and oxygen atoms in total. The predicted molar refractivity (Wildman–Crippen MR) is 213 cm³/mol. The SMILES string of the molecule is [2H]C1([2H])c2c(ccc(C)c2C)[C@@]2(C)N=C(c3cc(Oc4ccc5c(c4)N(c4cc(C(C)(C)C)ccn4)c4ccccc4C5(C)C)cc(C(C)C)c3)O[C@@]12C. The number of hydrogen-bond acceptors (Lipinski definition) is 5. The summed E-state index contributed by atoms with van der Waals surface area (Å²) in [5.74, 6) is 2.87. The summed E-state index contributed by atoms with van der Waals surface area (Å²) in [5, 5.41) is 0. The van der Waals surface area contributed by atoms with E-state index in [2.05, 4.69) is 126 Å². The third-order valence-corrected chi connectivity index (χ3v) is 11.8. The number of ether oxygens (including phenoxy) is 2. The van der Waals surface area contributed by atoms with E-state index in [1.807, 2.05) is 46.0 Å². The largest absolute Gasteiger partial charge is 0.468 e. The third-order valence-electron chi connectivity index (χ3n) is 11.8. The molecule has 0 fully saturated rings. The Morgan fingerprint density at radius 1 is 0.827 bits per heavy atom. The molecule has 0 radical (unpaired) electrons. The summed E-state index contributed by atoms with van der Waals surface area (Å²) in [7, 11) is 0. The second kappa shape index (κ2) is 11.6. The van der Waals surface area contributed by atoms with E-state index in [9.17, 15) is 2.74 Å². The number of aliphatic imine (C=N–C) groups is 1. The molecule has 0 amide bonds. The van der Waals surface area contributed by atoms with Crippen LogP contribution in [0.4, 0.5) is 17.2 Å². The highest BCUT2D eigenvalue weighted by Crippen LogP contribution is 2.55. The van der Waals surface area contributed by atoms with Crippen LogP contribution in [-0.4, -0.2) is 16.5 Å². The predicted octanol–water partition coefficient (Wildman–Crippen LogP) is 12.0. The number of fused-ring (bicyclic) bond motifs is 5. The lowest BCUT2D eigenvalue weighted by atomic mass is 9.73. The molecule has 2 aliphatic heterocycles. The number of anilines is 3. The zero-order valence-electron chi connectivity index (χ0n) is 34.4. The molecular formula is C47H51N3O2. The van der Waals surface area contributed by atoms with Gasteiger partial charge in [0.2, 0.25) is 5.90 Å². The van der Waals surface area contributed by atoms with Crippen LogP contribution < -0.4 is 9.64 Å². The quantitative estimate of drug-likeness (QED) is 0.184. The number of rotatable bonds is 5. The molecule has 0 saturated carbocycles. The van der Waals surface area contributed by atoms with Crippen molar-refractivity contribution in [1.82, 2.24) is 4.98 Å². The molecule has 5 aromatic rings. The van der Waals surface area contributed by atoms with Gasteiger partial charge in [-0.15, -0.1) is 0 Å². The lowest BCUT2D eigenvalue weighted by Gasteiger charge is -2.41. The van der Waals surface area contributed by atoms with Crippen molar-refractivity contribution in [3.05, 3.63) is 141 Å². The van der Waals surface area contributed by atoms with Gasteiger partial charge in [-0.25, -0.2) is 9.98 Å². The number of para-hydroxylation sites is 1. The summed E-state index contributed by atoms with van der Waals surface area (Å²) in [6.07, 6.45) is 0.155. The molecule has 5 heteroatoms. The van der Waals surface area contributed by atoms with Crippen LogP contribution in [0.15, 0.2) is 96.1 Å². The van der Waals surface area contributed by atoms with Gasteiger partial charge in [0.05, 0.1) is 11.4 Å². The number of benzene rings is 4. The van der Waals surface area contributed by atoms with Crippen LogP contribution in [0.5, 0.6) is 11.5 Å². The summed E-state index contributed by atoms with van der Waals surface area (Å²) < 4.78 is 32.3. The van der Waals surface area contributed by atoms with Gasteiger partial charge in [-0.05, 0) is 126 Å². The highest BCUT2D eigenvalue weighted by Gasteiger charge is 2.59. The number of nitrogens with zero attached hydrogens (tertiary/aromatic N) is 3.